The highest BCUT2D eigenvalue weighted by molar-refractivity contribution is 6.23. The first-order chi connectivity index (χ1) is 15.2. The van der Waals surface area contributed by atoms with E-state index in [9.17, 15) is 19.2 Å². The van der Waals surface area contributed by atoms with Gasteiger partial charge in [-0.2, -0.15) is 0 Å². The Morgan fingerprint density at radius 3 is 2.28 bits per heavy atom. The molecule has 0 N–H and O–H groups in total. The fourth-order valence-electron chi connectivity index (χ4n) is 4.69. The molecule has 1 aromatic rings. The molecular formula is C26H34N2O4. The molecule has 1 atom stereocenters. The van der Waals surface area contributed by atoms with E-state index in [-0.39, 0.29) is 41.8 Å². The zero-order valence-corrected chi connectivity index (χ0v) is 19.5. The van der Waals surface area contributed by atoms with Crippen LogP contribution in [-0.2, 0) is 9.59 Å². The smallest absolute Gasteiger partial charge is 0.261 e. The fraction of sp³-hybridized carbons (Fsp3) is 0.577. The molecule has 0 bridgehead atoms. The lowest BCUT2D eigenvalue weighted by atomic mass is 9.69. The predicted octanol–water partition coefficient (Wildman–Crippen LogP) is 4.66. The average molecular weight is 439 g/mol. The van der Waals surface area contributed by atoms with Gasteiger partial charge < -0.3 is 0 Å². The molecular weight excluding hydrogens is 404 g/mol. The van der Waals surface area contributed by atoms with Crippen LogP contribution in [0.25, 0.3) is 0 Å². The molecule has 6 nitrogen and oxygen atoms in total. The first-order valence-electron chi connectivity index (χ1n) is 11.8. The molecule has 0 radical (unpaired) electrons. The van der Waals surface area contributed by atoms with E-state index >= 15 is 0 Å². The lowest BCUT2D eigenvalue weighted by Crippen LogP contribution is -2.42. The van der Waals surface area contributed by atoms with Crippen molar-refractivity contribution in [3.63, 3.8) is 0 Å². The monoisotopic (exact) mass is 438 g/mol. The van der Waals surface area contributed by atoms with E-state index < -0.39 is 5.92 Å². The van der Waals surface area contributed by atoms with E-state index in [4.69, 9.17) is 4.99 Å². The minimum Gasteiger partial charge on any atom is -0.298 e. The van der Waals surface area contributed by atoms with Crippen molar-refractivity contribution in [1.29, 1.82) is 0 Å². The fourth-order valence-corrected chi connectivity index (χ4v) is 4.69. The highest BCUT2D eigenvalue weighted by Crippen LogP contribution is 2.35. The largest absolute Gasteiger partial charge is 0.298 e. The lowest BCUT2D eigenvalue weighted by molar-refractivity contribution is -0.132. The van der Waals surface area contributed by atoms with Gasteiger partial charge in [0.25, 0.3) is 11.8 Å². The van der Waals surface area contributed by atoms with Gasteiger partial charge in [-0.15, -0.1) is 0 Å². The van der Waals surface area contributed by atoms with Gasteiger partial charge in [0, 0.05) is 31.6 Å². The second kappa shape index (κ2) is 10.3. The Labute approximate surface area is 190 Å². The van der Waals surface area contributed by atoms with Crippen molar-refractivity contribution >= 4 is 29.1 Å². The molecule has 1 fully saturated rings. The van der Waals surface area contributed by atoms with Gasteiger partial charge in [-0.3, -0.25) is 29.1 Å². The first-order valence-corrected chi connectivity index (χ1v) is 11.8. The summed E-state index contributed by atoms with van der Waals surface area (Å²) in [6.45, 7) is 7.07. The second-order valence-electron chi connectivity index (χ2n) is 9.73. The number of carbonyl (C=O) groups is 4. The highest BCUT2D eigenvalue weighted by Gasteiger charge is 2.41. The van der Waals surface area contributed by atoms with Crippen molar-refractivity contribution in [2.75, 3.05) is 13.1 Å². The molecule has 1 aliphatic carbocycles. The van der Waals surface area contributed by atoms with Crippen LogP contribution in [0.3, 0.4) is 0 Å². The lowest BCUT2D eigenvalue weighted by Gasteiger charge is -2.34. The maximum Gasteiger partial charge on any atom is 0.261 e. The van der Waals surface area contributed by atoms with Gasteiger partial charge in [-0.05, 0) is 36.8 Å². The van der Waals surface area contributed by atoms with Gasteiger partial charge in [-0.1, -0.05) is 52.2 Å². The van der Waals surface area contributed by atoms with Gasteiger partial charge in [-0.25, -0.2) is 0 Å². The quantitative estimate of drug-likeness (QED) is 0.302. The van der Waals surface area contributed by atoms with Crippen molar-refractivity contribution in [3.8, 4) is 0 Å². The van der Waals surface area contributed by atoms with Gasteiger partial charge >= 0.3 is 0 Å². The molecule has 1 aromatic carbocycles. The van der Waals surface area contributed by atoms with Crippen LogP contribution < -0.4 is 0 Å². The van der Waals surface area contributed by atoms with E-state index in [1.807, 2.05) is 13.8 Å². The number of hydrogen-bond acceptors (Lipinski definition) is 5. The van der Waals surface area contributed by atoms with Crippen LogP contribution in [0.4, 0.5) is 0 Å². The number of nitrogens with zero attached hydrogens (tertiary/aromatic N) is 2. The van der Waals surface area contributed by atoms with Crippen LogP contribution in [0.15, 0.2) is 29.3 Å². The van der Waals surface area contributed by atoms with Crippen molar-refractivity contribution in [2.45, 2.75) is 72.1 Å². The Hall–Kier alpha value is -2.63. The van der Waals surface area contributed by atoms with Gasteiger partial charge in [0.15, 0.2) is 0 Å². The number of unbranched alkanes of at least 4 members (excludes halogenated alkanes) is 3. The maximum absolute atomic E-state index is 13.0. The Morgan fingerprint density at radius 1 is 1.00 bits per heavy atom. The predicted molar refractivity (Wildman–Crippen MR) is 124 cm³/mol. The number of amides is 2. The zero-order valence-electron chi connectivity index (χ0n) is 19.5. The SMILES string of the molecule is CCCCCCN=C1CC(C)(C)CC(=O)C1C(=O)CCCN1C(=O)c2ccccc2C1=O. The summed E-state index contributed by atoms with van der Waals surface area (Å²) in [7, 11) is 0. The number of fused-ring (bicyclic) bond motifs is 1. The van der Waals surface area contributed by atoms with Crippen molar-refractivity contribution in [1.82, 2.24) is 4.90 Å². The van der Waals surface area contributed by atoms with Crippen LogP contribution in [0.2, 0.25) is 0 Å². The van der Waals surface area contributed by atoms with Crippen LogP contribution in [0, 0.1) is 11.3 Å². The number of benzene rings is 1. The Bertz CT molecular complexity index is 897. The number of hydrogen-bond donors (Lipinski definition) is 0. The number of rotatable bonds is 10. The molecule has 2 aliphatic rings. The summed E-state index contributed by atoms with van der Waals surface area (Å²) in [5.41, 5.74) is 1.35. The minimum absolute atomic E-state index is 0.0562. The molecule has 172 valence electrons. The summed E-state index contributed by atoms with van der Waals surface area (Å²) in [6, 6.07) is 6.76. The summed E-state index contributed by atoms with van der Waals surface area (Å²) in [5, 5.41) is 0. The Morgan fingerprint density at radius 2 is 1.66 bits per heavy atom. The van der Waals surface area contributed by atoms with Gasteiger partial charge in [0.2, 0.25) is 0 Å². The molecule has 1 aliphatic heterocycles. The number of aliphatic imine (C=N–C) groups is 1. The molecule has 32 heavy (non-hydrogen) atoms. The first kappa shape index (κ1) is 24.0. The van der Waals surface area contributed by atoms with E-state index in [0.29, 0.717) is 42.6 Å². The average Bonchev–Trinajstić information content (AvgIpc) is 2.97. The maximum atomic E-state index is 13.0. The molecule has 3 rings (SSSR count). The third-order valence-corrected chi connectivity index (χ3v) is 6.30. The van der Waals surface area contributed by atoms with Gasteiger partial charge in [0.05, 0.1) is 11.1 Å². The van der Waals surface area contributed by atoms with Gasteiger partial charge in [0.1, 0.15) is 17.5 Å². The molecule has 1 heterocycles. The zero-order chi connectivity index (χ0) is 23.3. The number of ketones is 2. The molecule has 0 saturated heterocycles. The van der Waals surface area contributed by atoms with E-state index in [2.05, 4.69) is 6.92 Å². The summed E-state index contributed by atoms with van der Waals surface area (Å²) in [4.78, 5) is 56.8. The number of carbonyl (C=O) groups excluding carboxylic acids is 4. The molecule has 0 aromatic heterocycles. The van der Waals surface area contributed by atoms with E-state index in [1.54, 1.807) is 24.3 Å². The van der Waals surface area contributed by atoms with E-state index in [1.165, 1.54) is 4.90 Å². The van der Waals surface area contributed by atoms with Crippen LogP contribution in [0.5, 0.6) is 0 Å². The van der Waals surface area contributed by atoms with E-state index in [0.717, 1.165) is 25.7 Å². The molecule has 6 heteroatoms. The number of imide groups is 1. The van der Waals surface area contributed by atoms with Crippen molar-refractivity contribution in [2.24, 2.45) is 16.3 Å². The molecule has 0 spiro atoms. The third kappa shape index (κ3) is 5.40. The van der Waals surface area contributed by atoms with Crippen LogP contribution in [-0.4, -0.2) is 47.1 Å². The topological polar surface area (TPSA) is 83.9 Å². The molecule has 1 saturated carbocycles. The summed E-state index contributed by atoms with van der Waals surface area (Å²) in [5.74, 6) is -1.60. The second-order valence-corrected chi connectivity index (χ2v) is 9.73. The Balaban J connectivity index is 1.61. The third-order valence-electron chi connectivity index (χ3n) is 6.30. The van der Waals surface area contributed by atoms with Crippen LogP contribution in [0.1, 0.15) is 92.9 Å². The number of Topliss-reactive ketones (excluding diaryl/α,β-unsaturated/α-hetero) is 2. The summed E-state index contributed by atoms with van der Waals surface area (Å²) in [6.07, 6.45) is 5.90. The highest BCUT2D eigenvalue weighted by atomic mass is 16.2. The van der Waals surface area contributed by atoms with Crippen molar-refractivity contribution < 1.29 is 19.2 Å². The normalized spacial score (nSPS) is 21.3. The minimum atomic E-state index is -0.767. The molecule has 1 unspecified atom stereocenters. The Kier molecular flexibility index (Phi) is 7.75. The standard InChI is InChI=1S/C26H34N2O4/c1-4-5-6-9-14-27-20-16-26(2,3)17-22(30)23(20)21(29)13-10-15-28-24(31)18-11-7-8-12-19(18)25(28)32/h7-8,11-12,23H,4-6,9-10,13-17H2,1-3H3. The van der Waals surface area contributed by atoms with Crippen LogP contribution >= 0.6 is 0 Å². The van der Waals surface area contributed by atoms with Crippen molar-refractivity contribution in [3.05, 3.63) is 35.4 Å². The summed E-state index contributed by atoms with van der Waals surface area (Å²) >= 11 is 0. The molecule has 2 amide bonds. The summed E-state index contributed by atoms with van der Waals surface area (Å²) < 4.78 is 0.